The number of nitrogens with zero attached hydrogens (tertiary/aromatic N) is 1. The van der Waals surface area contributed by atoms with E-state index in [1.54, 1.807) is 24.3 Å². The number of primary amides is 1. The van der Waals surface area contributed by atoms with E-state index in [1.165, 1.54) is 0 Å². The molecular weight excluding hydrogens is 198 g/mol. The highest BCUT2D eigenvalue weighted by molar-refractivity contribution is 5.98. The van der Waals surface area contributed by atoms with Crippen LogP contribution >= 0.6 is 0 Å². The molecule has 1 aromatic heterocycles. The highest BCUT2D eigenvalue weighted by Crippen LogP contribution is 2.18. The Kier molecular flexibility index (Phi) is 2.09. The molecule has 0 unspecified atom stereocenters. The maximum absolute atomic E-state index is 11.1. The minimum Gasteiger partial charge on any atom is -0.366 e. The molecule has 1 amide bonds. The molecule has 0 aliphatic heterocycles. The largest absolute Gasteiger partial charge is 0.439 e. The first-order valence-electron chi connectivity index (χ1n) is 4.13. The number of hydrogen-bond acceptors (Lipinski definition) is 4. The van der Waals surface area contributed by atoms with Crippen LogP contribution in [0.3, 0.4) is 0 Å². The van der Waals surface area contributed by atoms with Crippen molar-refractivity contribution in [3.05, 3.63) is 40.4 Å². The van der Waals surface area contributed by atoms with E-state index in [0.717, 1.165) is 0 Å². The molecule has 0 saturated carbocycles. The van der Waals surface area contributed by atoms with Gasteiger partial charge in [0.15, 0.2) is 5.82 Å². The van der Waals surface area contributed by atoms with Gasteiger partial charge < -0.3 is 5.73 Å². The van der Waals surface area contributed by atoms with E-state index in [-0.39, 0.29) is 11.4 Å². The molecule has 15 heavy (non-hydrogen) atoms. The second-order valence-electron chi connectivity index (χ2n) is 2.85. The summed E-state index contributed by atoms with van der Waals surface area (Å²) in [6.07, 6.45) is 0. The summed E-state index contributed by atoms with van der Waals surface area (Å²) >= 11 is 0. The maximum atomic E-state index is 11.1. The van der Waals surface area contributed by atoms with Crippen LogP contribution in [0.5, 0.6) is 0 Å². The van der Waals surface area contributed by atoms with Crippen LogP contribution in [0.2, 0.25) is 0 Å². The molecule has 2 aromatic rings. The number of hydrogen-bond donors (Lipinski definition) is 2. The number of aromatic amines is 1. The van der Waals surface area contributed by atoms with Crippen LogP contribution < -0.4 is 11.5 Å². The predicted octanol–water partition coefficient (Wildman–Crippen LogP) is 0.129. The second kappa shape index (κ2) is 3.41. The third-order valence-electron chi connectivity index (χ3n) is 1.89. The van der Waals surface area contributed by atoms with Gasteiger partial charge in [0.1, 0.15) is 0 Å². The van der Waals surface area contributed by atoms with E-state index in [4.69, 9.17) is 5.73 Å². The fraction of sp³-hybridized carbons (Fsp3) is 0. The summed E-state index contributed by atoms with van der Waals surface area (Å²) < 4.78 is 4.34. The van der Waals surface area contributed by atoms with E-state index in [2.05, 4.69) is 14.7 Å². The average Bonchev–Trinajstić information content (AvgIpc) is 2.65. The lowest BCUT2D eigenvalue weighted by Gasteiger charge is -2.00. The van der Waals surface area contributed by atoms with E-state index in [0.29, 0.717) is 5.56 Å². The Balaban J connectivity index is 2.62. The van der Waals surface area contributed by atoms with E-state index in [9.17, 15) is 9.59 Å². The van der Waals surface area contributed by atoms with Gasteiger partial charge in [-0.25, -0.2) is 4.79 Å². The molecule has 6 nitrogen and oxygen atoms in total. The molecule has 0 atom stereocenters. The number of benzene rings is 1. The standard InChI is InChI=1S/C9H7N3O3/c10-7(13)5-3-1-2-4-6(5)8-11-9(14)15-12-8/h1-4H,(H2,10,13)(H,11,12,14). The molecule has 0 aliphatic rings. The molecule has 1 aromatic carbocycles. The molecule has 0 saturated heterocycles. The van der Waals surface area contributed by atoms with Crippen LogP contribution in [-0.2, 0) is 0 Å². The number of rotatable bonds is 2. The highest BCUT2D eigenvalue weighted by Gasteiger charge is 2.12. The summed E-state index contributed by atoms with van der Waals surface area (Å²) in [5.74, 6) is -1.08. The maximum Gasteiger partial charge on any atom is 0.439 e. The van der Waals surface area contributed by atoms with Crippen molar-refractivity contribution in [1.82, 2.24) is 10.1 Å². The van der Waals surface area contributed by atoms with Crippen LogP contribution in [0.15, 0.2) is 33.6 Å². The molecule has 1 heterocycles. The van der Waals surface area contributed by atoms with Gasteiger partial charge in [-0.1, -0.05) is 23.4 Å². The molecule has 0 aliphatic carbocycles. The molecular formula is C9H7N3O3. The number of amides is 1. The van der Waals surface area contributed by atoms with Crippen molar-refractivity contribution < 1.29 is 9.32 Å². The SMILES string of the molecule is NC(=O)c1ccccc1-c1noc(=O)[nH]1. The van der Waals surface area contributed by atoms with E-state index < -0.39 is 11.7 Å². The van der Waals surface area contributed by atoms with Crippen LogP contribution in [0.1, 0.15) is 10.4 Å². The molecule has 0 fully saturated rings. The fourth-order valence-electron chi connectivity index (χ4n) is 1.25. The minimum absolute atomic E-state index is 0.189. The van der Waals surface area contributed by atoms with Gasteiger partial charge in [-0.2, -0.15) is 0 Å². The van der Waals surface area contributed by atoms with Gasteiger partial charge in [-0.05, 0) is 6.07 Å². The van der Waals surface area contributed by atoms with Crippen LogP contribution in [0.25, 0.3) is 11.4 Å². The Bertz CT molecular complexity index is 555. The number of carbonyl (C=O) groups excluding carboxylic acids is 1. The van der Waals surface area contributed by atoms with Gasteiger partial charge >= 0.3 is 5.76 Å². The van der Waals surface area contributed by atoms with Crippen molar-refractivity contribution in [3.63, 3.8) is 0 Å². The lowest BCUT2D eigenvalue weighted by atomic mass is 10.1. The van der Waals surface area contributed by atoms with E-state index >= 15 is 0 Å². The number of H-pyrrole nitrogens is 1. The Morgan fingerprint density at radius 2 is 2.13 bits per heavy atom. The van der Waals surface area contributed by atoms with Crippen LogP contribution in [0.4, 0.5) is 0 Å². The molecule has 3 N–H and O–H groups in total. The van der Waals surface area contributed by atoms with Crippen molar-refractivity contribution >= 4 is 5.91 Å². The first kappa shape index (κ1) is 9.20. The van der Waals surface area contributed by atoms with Gasteiger partial charge in [-0.15, -0.1) is 0 Å². The zero-order valence-electron chi connectivity index (χ0n) is 7.56. The van der Waals surface area contributed by atoms with Gasteiger partial charge in [0.2, 0.25) is 5.91 Å². The number of aromatic nitrogens is 2. The van der Waals surface area contributed by atoms with Crippen LogP contribution in [0, 0.1) is 0 Å². The fourth-order valence-corrected chi connectivity index (χ4v) is 1.25. The summed E-state index contributed by atoms with van der Waals surface area (Å²) in [6, 6.07) is 6.54. The monoisotopic (exact) mass is 205 g/mol. The Hall–Kier alpha value is -2.37. The predicted molar refractivity (Wildman–Crippen MR) is 51.1 cm³/mol. The van der Waals surface area contributed by atoms with Crippen molar-refractivity contribution in [2.45, 2.75) is 0 Å². The van der Waals surface area contributed by atoms with Gasteiger partial charge in [-0.3, -0.25) is 14.3 Å². The zero-order chi connectivity index (χ0) is 10.8. The smallest absolute Gasteiger partial charge is 0.366 e. The van der Waals surface area contributed by atoms with E-state index in [1.807, 2.05) is 0 Å². The first-order chi connectivity index (χ1) is 7.18. The first-order valence-corrected chi connectivity index (χ1v) is 4.13. The van der Waals surface area contributed by atoms with Gasteiger partial charge in [0.25, 0.3) is 0 Å². The van der Waals surface area contributed by atoms with Crippen molar-refractivity contribution in [3.8, 4) is 11.4 Å². The molecule has 76 valence electrons. The number of nitrogens with two attached hydrogens (primary N) is 1. The van der Waals surface area contributed by atoms with Crippen molar-refractivity contribution in [1.29, 1.82) is 0 Å². The number of carbonyl (C=O) groups is 1. The number of nitrogens with one attached hydrogen (secondary N) is 1. The lowest BCUT2D eigenvalue weighted by Crippen LogP contribution is -2.12. The van der Waals surface area contributed by atoms with Gasteiger partial charge in [0, 0.05) is 5.56 Å². The second-order valence-corrected chi connectivity index (χ2v) is 2.85. The summed E-state index contributed by atoms with van der Waals surface area (Å²) in [4.78, 5) is 24.2. The lowest BCUT2D eigenvalue weighted by molar-refractivity contribution is 0.100. The quantitative estimate of drug-likeness (QED) is 0.727. The highest BCUT2D eigenvalue weighted by atomic mass is 16.5. The topological polar surface area (TPSA) is 102 Å². The molecule has 0 bridgehead atoms. The van der Waals surface area contributed by atoms with Crippen molar-refractivity contribution in [2.75, 3.05) is 0 Å². The molecule has 6 heteroatoms. The Morgan fingerprint density at radius 3 is 2.73 bits per heavy atom. The normalized spacial score (nSPS) is 10.1. The van der Waals surface area contributed by atoms with Gasteiger partial charge in [0.05, 0.1) is 5.56 Å². The minimum atomic E-state index is -0.677. The van der Waals surface area contributed by atoms with Crippen LogP contribution in [-0.4, -0.2) is 16.0 Å². The summed E-state index contributed by atoms with van der Waals surface area (Å²) in [6.45, 7) is 0. The summed E-state index contributed by atoms with van der Waals surface area (Å²) in [7, 11) is 0. The summed E-state index contributed by atoms with van der Waals surface area (Å²) in [5, 5.41) is 3.48. The molecule has 0 radical (unpaired) electrons. The Labute approximate surface area is 83.7 Å². The zero-order valence-corrected chi connectivity index (χ0v) is 7.56. The Morgan fingerprint density at radius 1 is 1.40 bits per heavy atom. The third kappa shape index (κ3) is 1.64. The molecule has 2 rings (SSSR count). The van der Waals surface area contributed by atoms with Crippen molar-refractivity contribution in [2.24, 2.45) is 5.73 Å². The third-order valence-corrected chi connectivity index (χ3v) is 1.89. The molecule has 0 spiro atoms. The average molecular weight is 205 g/mol. The summed E-state index contributed by atoms with van der Waals surface area (Å²) in [5.41, 5.74) is 5.89.